The summed E-state index contributed by atoms with van der Waals surface area (Å²) in [6.07, 6.45) is -26.1. The molecule has 0 aromatic carbocycles. The number of ether oxygens (including phenoxy) is 6. The topological polar surface area (TPSA) is 414 Å². The van der Waals surface area contributed by atoms with E-state index < -0.39 is 148 Å². The summed E-state index contributed by atoms with van der Waals surface area (Å²) in [5.74, 6) is -1.22. The van der Waals surface area contributed by atoms with Crippen LogP contribution in [-0.2, 0) is 33.2 Å². The molecule has 0 bridgehead atoms. The number of amides is 1. The van der Waals surface area contributed by atoms with Crippen LogP contribution in [0.5, 0.6) is 0 Å². The molecule has 0 radical (unpaired) electrons. The van der Waals surface area contributed by atoms with Crippen molar-refractivity contribution in [1.82, 2.24) is 10.6 Å². The smallest absolute Gasteiger partial charge is 0.252 e. The van der Waals surface area contributed by atoms with E-state index in [1.54, 1.807) is 0 Å². The molecule has 0 aromatic rings. The molecule has 1 saturated carbocycles. The van der Waals surface area contributed by atoms with Gasteiger partial charge in [-0.15, -0.1) is 0 Å². The molecular weight excluding hydrogens is 731 g/mol. The first-order chi connectivity index (χ1) is 25.6. The molecule has 0 spiro atoms. The van der Waals surface area contributed by atoms with Gasteiger partial charge in [-0.05, 0) is 25.9 Å². The molecule has 4 fully saturated rings. The van der Waals surface area contributed by atoms with Gasteiger partial charge in [0.1, 0.15) is 79.4 Å². The summed E-state index contributed by atoms with van der Waals surface area (Å²) in [7, 11) is 0. The number of carbonyl (C=O) groups excluding carboxylic acids is 1. The molecule has 316 valence electrons. The van der Waals surface area contributed by atoms with Crippen molar-refractivity contribution in [1.29, 1.82) is 0 Å². The zero-order valence-corrected chi connectivity index (χ0v) is 29.6. The van der Waals surface area contributed by atoms with Gasteiger partial charge in [0.05, 0.1) is 24.7 Å². The summed E-state index contributed by atoms with van der Waals surface area (Å²) >= 11 is 0. The normalized spacial score (nSPS) is 45.6. The maximum atomic E-state index is 14.1. The lowest BCUT2D eigenvalue weighted by molar-refractivity contribution is -0.308. The van der Waals surface area contributed by atoms with Crippen molar-refractivity contribution >= 4 is 5.91 Å². The Bertz CT molecular complexity index is 1160. The number of carbonyl (C=O) groups is 1. The van der Waals surface area contributed by atoms with Crippen LogP contribution in [0.2, 0.25) is 0 Å². The number of aliphatic hydroxyl groups excluding tert-OH is 8. The molecule has 23 nitrogen and oxygen atoms in total. The Morgan fingerprint density at radius 1 is 0.759 bits per heavy atom. The number of halogens is 1. The van der Waals surface area contributed by atoms with Crippen LogP contribution in [0.4, 0.5) is 4.39 Å². The molecule has 24 heteroatoms. The van der Waals surface area contributed by atoms with Crippen molar-refractivity contribution in [3.63, 3.8) is 0 Å². The van der Waals surface area contributed by atoms with E-state index in [-0.39, 0.29) is 19.5 Å². The van der Waals surface area contributed by atoms with E-state index in [4.69, 9.17) is 62.8 Å². The fourth-order valence-corrected chi connectivity index (χ4v) is 6.86. The van der Waals surface area contributed by atoms with Crippen molar-refractivity contribution in [2.24, 2.45) is 34.4 Å². The van der Waals surface area contributed by atoms with E-state index in [1.807, 2.05) is 0 Å². The molecule has 4 rings (SSSR count). The van der Waals surface area contributed by atoms with Crippen LogP contribution in [-0.4, -0.2) is 215 Å². The monoisotopic (exact) mass is 790 g/mol. The minimum absolute atomic E-state index is 0.0568. The Labute approximate surface area is 310 Å². The number of nitrogens with one attached hydrogen (secondary N) is 2. The molecule has 3 saturated heterocycles. The number of hydrogen-bond donors (Lipinski definition) is 16. The highest BCUT2D eigenvalue weighted by Gasteiger charge is 2.55. The third kappa shape index (κ3) is 10.2. The summed E-state index contributed by atoms with van der Waals surface area (Å²) in [5, 5.41) is 90.7. The number of aliphatic hydroxyl groups is 8. The predicted molar refractivity (Wildman–Crippen MR) is 180 cm³/mol. The largest absolute Gasteiger partial charge is 0.394 e. The van der Waals surface area contributed by atoms with Crippen molar-refractivity contribution < 1.29 is 78.5 Å². The highest BCUT2D eigenvalue weighted by molar-refractivity contribution is 5.81. The van der Waals surface area contributed by atoms with Gasteiger partial charge in [-0.1, -0.05) is 0 Å². The summed E-state index contributed by atoms with van der Waals surface area (Å²) in [4.78, 5) is 12.7. The molecule has 22 N–H and O–H groups in total. The molecule has 3 heterocycles. The zero-order valence-electron chi connectivity index (χ0n) is 29.6. The fourth-order valence-electron chi connectivity index (χ4n) is 6.86. The van der Waals surface area contributed by atoms with Gasteiger partial charge < -0.3 is 114 Å². The van der Waals surface area contributed by atoms with Crippen LogP contribution in [0, 0.1) is 0 Å². The summed E-state index contributed by atoms with van der Waals surface area (Å²) < 4.78 is 49.4. The molecule has 3 aliphatic heterocycles. The fraction of sp³-hybridized carbons (Fsp3) is 0.967. The molecule has 1 unspecified atom stereocenters. The molecule has 1 amide bonds. The van der Waals surface area contributed by atoms with Gasteiger partial charge in [-0.25, -0.2) is 4.39 Å². The van der Waals surface area contributed by atoms with Crippen molar-refractivity contribution in [3.8, 4) is 0 Å². The Morgan fingerprint density at radius 2 is 1.31 bits per heavy atom. The maximum Gasteiger partial charge on any atom is 0.252 e. The number of nitrogens with two attached hydrogens (primary N) is 6. The van der Waals surface area contributed by atoms with Crippen LogP contribution in [0.1, 0.15) is 12.8 Å². The second-order valence-corrected chi connectivity index (χ2v) is 14.0. The number of rotatable bonds is 17. The van der Waals surface area contributed by atoms with Gasteiger partial charge in [-0.2, -0.15) is 0 Å². The minimum Gasteiger partial charge on any atom is -0.394 e. The SMILES string of the molecule is NCCCNC[C@H]1O[C@H](O[C@H]2[C@H](O[C@@H]3O[C@H](CO)[C@@H](O[C@H]4O[C@@H](CN)[C@@H](O)[C@H](O)[C@H]4N)[C@H]3O)[C@@H](O)[C@H](NC(=O)C(O)[C@@H](F)CN)C[C@@H]2N)[C@H](N)[C@@H](O)[C@@H]1O. The predicted octanol–water partition coefficient (Wildman–Crippen LogP) is -10.1. The standard InChI is InChI=1S/C30H59FN8O15/c31-9(5-33)17(41)27(48)39-11-4-10(35)24(52-29-16(37)22(46)20(44)13(50-29)7-38-3-1-2-32)26(18(11)42)54-30-23(47)25(14(8-40)51-30)53-28-15(36)21(45)19(43)12(6-34)49-28/h9-26,28-30,38,40-47H,1-8,32-37H2,(H,39,48)/t9-,10-,11+,12-,13+,14+,15+,16+,17?,18-,19+,20+,21+,22+,23+,24+,25+,26+,28+,29+,30-/m0/s1. The van der Waals surface area contributed by atoms with E-state index >= 15 is 0 Å². The Hall–Kier alpha value is -1.44. The van der Waals surface area contributed by atoms with Crippen LogP contribution < -0.4 is 45.0 Å². The van der Waals surface area contributed by atoms with E-state index in [0.29, 0.717) is 19.5 Å². The summed E-state index contributed by atoms with van der Waals surface area (Å²) in [6, 6.07) is -5.17. The summed E-state index contributed by atoms with van der Waals surface area (Å²) in [6.45, 7) is -0.726. The lowest BCUT2D eigenvalue weighted by Gasteiger charge is -2.48. The van der Waals surface area contributed by atoms with Gasteiger partial charge >= 0.3 is 0 Å². The van der Waals surface area contributed by atoms with Crippen LogP contribution in [0.25, 0.3) is 0 Å². The second-order valence-electron chi connectivity index (χ2n) is 14.0. The number of alkyl halides is 1. The quantitative estimate of drug-likeness (QED) is 0.0608. The first-order valence-corrected chi connectivity index (χ1v) is 17.9. The Morgan fingerprint density at radius 3 is 1.89 bits per heavy atom. The van der Waals surface area contributed by atoms with Crippen LogP contribution in [0.3, 0.4) is 0 Å². The summed E-state index contributed by atoms with van der Waals surface area (Å²) in [5.41, 5.74) is 35.1. The molecule has 4 aliphatic rings. The maximum absolute atomic E-state index is 14.1. The van der Waals surface area contributed by atoms with Crippen molar-refractivity contribution in [2.45, 2.75) is 141 Å². The van der Waals surface area contributed by atoms with Gasteiger partial charge in [0.25, 0.3) is 5.91 Å². The molecule has 21 atom stereocenters. The van der Waals surface area contributed by atoms with Gasteiger partial charge in [0.2, 0.25) is 0 Å². The lowest BCUT2D eigenvalue weighted by Crippen LogP contribution is -2.69. The third-order valence-electron chi connectivity index (χ3n) is 10.2. The van der Waals surface area contributed by atoms with E-state index in [9.17, 15) is 50.0 Å². The molecule has 54 heavy (non-hydrogen) atoms. The average molecular weight is 791 g/mol. The third-order valence-corrected chi connectivity index (χ3v) is 10.2. The second kappa shape index (κ2) is 20.3. The zero-order chi connectivity index (χ0) is 40.0. The van der Waals surface area contributed by atoms with E-state index in [2.05, 4.69) is 10.6 Å². The van der Waals surface area contributed by atoms with E-state index in [0.717, 1.165) is 0 Å². The molecular formula is C30H59FN8O15. The molecule has 0 aromatic heterocycles. The number of hydrogen-bond acceptors (Lipinski definition) is 22. The average Bonchev–Trinajstić information content (AvgIpc) is 3.46. The van der Waals surface area contributed by atoms with Gasteiger partial charge in [-0.3, -0.25) is 4.79 Å². The highest BCUT2D eigenvalue weighted by Crippen LogP contribution is 2.35. The van der Waals surface area contributed by atoms with Crippen molar-refractivity contribution in [3.05, 3.63) is 0 Å². The molecule has 1 aliphatic carbocycles. The first kappa shape index (κ1) is 45.3. The first-order valence-electron chi connectivity index (χ1n) is 17.9. The van der Waals surface area contributed by atoms with Crippen molar-refractivity contribution in [2.75, 3.05) is 39.3 Å². The Kier molecular flexibility index (Phi) is 17.0. The lowest BCUT2D eigenvalue weighted by atomic mass is 9.83. The minimum atomic E-state index is -2.20. The van der Waals surface area contributed by atoms with E-state index in [1.165, 1.54) is 0 Å². The highest BCUT2D eigenvalue weighted by atomic mass is 19.1. The van der Waals surface area contributed by atoms with Crippen LogP contribution >= 0.6 is 0 Å². The van der Waals surface area contributed by atoms with Gasteiger partial charge in [0, 0.05) is 25.7 Å². The van der Waals surface area contributed by atoms with Crippen LogP contribution in [0.15, 0.2) is 0 Å². The van der Waals surface area contributed by atoms with Gasteiger partial charge in [0.15, 0.2) is 25.0 Å². The Balaban J connectivity index is 1.57.